The van der Waals surface area contributed by atoms with E-state index >= 15 is 0 Å². The first-order valence-corrected chi connectivity index (χ1v) is 13.5. The number of fused-ring (bicyclic) bond motifs is 5. The van der Waals surface area contributed by atoms with Crippen molar-refractivity contribution in [1.29, 1.82) is 0 Å². The van der Waals surface area contributed by atoms with E-state index in [4.69, 9.17) is 0 Å². The van der Waals surface area contributed by atoms with Crippen molar-refractivity contribution < 1.29 is 5.11 Å². The summed E-state index contributed by atoms with van der Waals surface area (Å²) in [6, 6.07) is 0. The minimum atomic E-state index is -0.502. The highest BCUT2D eigenvalue weighted by Crippen LogP contribution is 2.67. The maximum absolute atomic E-state index is 10.1. The van der Waals surface area contributed by atoms with E-state index < -0.39 is 5.60 Å². The fourth-order valence-electron chi connectivity index (χ4n) is 9.12. The summed E-state index contributed by atoms with van der Waals surface area (Å²) in [4.78, 5) is 0. The second-order valence-corrected chi connectivity index (χ2v) is 13.2. The fourth-order valence-corrected chi connectivity index (χ4v) is 9.12. The van der Waals surface area contributed by atoms with Crippen LogP contribution in [-0.2, 0) is 0 Å². The minimum absolute atomic E-state index is 0.502. The highest BCUT2D eigenvalue weighted by molar-refractivity contribution is 5.25. The van der Waals surface area contributed by atoms with Crippen LogP contribution in [0.3, 0.4) is 0 Å². The molecule has 4 rings (SSSR count). The van der Waals surface area contributed by atoms with Crippen molar-refractivity contribution >= 4 is 0 Å². The zero-order chi connectivity index (χ0) is 21.7. The molecule has 0 aromatic heterocycles. The molecular formula is C29H50O. The predicted molar refractivity (Wildman–Crippen MR) is 128 cm³/mol. The van der Waals surface area contributed by atoms with Crippen molar-refractivity contribution in [2.45, 2.75) is 124 Å². The van der Waals surface area contributed by atoms with Gasteiger partial charge in [-0.2, -0.15) is 0 Å². The van der Waals surface area contributed by atoms with E-state index in [0.717, 1.165) is 41.9 Å². The van der Waals surface area contributed by atoms with Crippen molar-refractivity contribution in [3.63, 3.8) is 0 Å². The molecule has 0 aliphatic heterocycles. The molecule has 0 aromatic carbocycles. The van der Waals surface area contributed by atoms with Crippen LogP contribution in [0.2, 0.25) is 0 Å². The van der Waals surface area contributed by atoms with Crippen LogP contribution < -0.4 is 0 Å². The van der Waals surface area contributed by atoms with Crippen LogP contribution in [0, 0.1) is 46.3 Å². The molecule has 0 unspecified atom stereocenters. The van der Waals surface area contributed by atoms with E-state index in [1.165, 1.54) is 70.6 Å². The Morgan fingerprint density at radius 3 is 2.57 bits per heavy atom. The Morgan fingerprint density at radius 1 is 1.10 bits per heavy atom. The van der Waals surface area contributed by atoms with Gasteiger partial charge < -0.3 is 5.11 Å². The summed E-state index contributed by atoms with van der Waals surface area (Å²) in [6.45, 7) is 14.2. The van der Waals surface area contributed by atoms with Gasteiger partial charge in [0.05, 0.1) is 5.60 Å². The number of hydrogen-bond donors (Lipinski definition) is 1. The molecule has 30 heavy (non-hydrogen) atoms. The zero-order valence-corrected chi connectivity index (χ0v) is 21.0. The molecule has 1 N–H and O–H groups in total. The molecule has 0 saturated heterocycles. The van der Waals surface area contributed by atoms with E-state index in [1.807, 2.05) is 19.4 Å². The maximum Gasteiger partial charge on any atom is 0.0591 e. The van der Waals surface area contributed by atoms with Gasteiger partial charge in [-0.1, -0.05) is 58.6 Å². The smallest absolute Gasteiger partial charge is 0.0591 e. The minimum Gasteiger partial charge on any atom is -0.390 e. The van der Waals surface area contributed by atoms with Crippen molar-refractivity contribution in [2.24, 2.45) is 46.3 Å². The number of hydrogen-bond acceptors (Lipinski definition) is 1. The summed E-state index contributed by atoms with van der Waals surface area (Å²) in [6.07, 6.45) is 19.1. The average Bonchev–Trinajstić information content (AvgIpc) is 3.03. The average molecular weight is 415 g/mol. The Kier molecular flexibility index (Phi) is 6.28. The highest BCUT2D eigenvalue weighted by atomic mass is 16.3. The summed E-state index contributed by atoms with van der Waals surface area (Å²) in [5.41, 5.74) is 2.45. The van der Waals surface area contributed by atoms with Crippen LogP contribution >= 0.6 is 0 Å². The largest absolute Gasteiger partial charge is 0.390 e. The monoisotopic (exact) mass is 414 g/mol. The standard InChI is InChI=1S/C29H50O/c1-7-21-14-17-28(5)22(19-21)10-11-23-25-13-12-24(29(25,6)18-15-26(23)28)20(2)9-8-16-27(3,4)30/h10,20-21,23-26,30H,7-9,11-19H2,1-6H3/t20-,21-,23-,24+,25-,26-,28-,29+/m0/s1. The van der Waals surface area contributed by atoms with Gasteiger partial charge in [0.15, 0.2) is 0 Å². The molecule has 4 aliphatic rings. The SMILES string of the molecule is CC[C@H]1CC[C@@]2(C)C(=CC[C@H]3[C@@H]4CC[C@H]([C@@H](C)CCCC(C)(C)O)[C@@]4(C)CC[C@@H]32)C1. The van der Waals surface area contributed by atoms with Gasteiger partial charge >= 0.3 is 0 Å². The molecule has 0 spiro atoms. The van der Waals surface area contributed by atoms with Gasteiger partial charge in [0, 0.05) is 0 Å². The number of allylic oxidation sites excluding steroid dienone is 2. The van der Waals surface area contributed by atoms with Crippen LogP contribution in [0.4, 0.5) is 0 Å². The number of aliphatic hydroxyl groups is 1. The van der Waals surface area contributed by atoms with Crippen LogP contribution in [0.5, 0.6) is 0 Å². The lowest BCUT2D eigenvalue weighted by Crippen LogP contribution is -2.50. The third kappa shape index (κ3) is 3.95. The molecule has 3 fully saturated rings. The first kappa shape index (κ1) is 22.9. The molecule has 0 aromatic rings. The number of rotatable bonds is 6. The van der Waals surface area contributed by atoms with Crippen LogP contribution in [0.25, 0.3) is 0 Å². The van der Waals surface area contributed by atoms with E-state index in [1.54, 1.807) is 0 Å². The summed E-state index contributed by atoms with van der Waals surface area (Å²) in [5, 5.41) is 10.1. The first-order valence-electron chi connectivity index (χ1n) is 13.5. The predicted octanol–water partition coefficient (Wildman–Crippen LogP) is 8.17. The lowest BCUT2D eigenvalue weighted by atomic mass is 9.46. The van der Waals surface area contributed by atoms with Gasteiger partial charge in [-0.3, -0.25) is 0 Å². The van der Waals surface area contributed by atoms with E-state index in [0.29, 0.717) is 10.8 Å². The van der Waals surface area contributed by atoms with E-state index in [2.05, 4.69) is 33.8 Å². The highest BCUT2D eigenvalue weighted by Gasteiger charge is 2.59. The normalized spacial score (nSPS) is 44.6. The summed E-state index contributed by atoms with van der Waals surface area (Å²) >= 11 is 0. The zero-order valence-electron chi connectivity index (χ0n) is 21.0. The van der Waals surface area contributed by atoms with Gasteiger partial charge in [0.1, 0.15) is 0 Å². The van der Waals surface area contributed by atoms with Gasteiger partial charge in [-0.25, -0.2) is 0 Å². The summed E-state index contributed by atoms with van der Waals surface area (Å²) < 4.78 is 0. The molecule has 4 aliphatic carbocycles. The Hall–Kier alpha value is -0.300. The molecule has 8 atom stereocenters. The molecule has 3 saturated carbocycles. The van der Waals surface area contributed by atoms with E-state index in [-0.39, 0.29) is 0 Å². The molecule has 0 amide bonds. The Labute approximate surface area is 187 Å². The molecule has 1 nitrogen and oxygen atoms in total. The van der Waals surface area contributed by atoms with Crippen LogP contribution in [-0.4, -0.2) is 10.7 Å². The fraction of sp³-hybridized carbons (Fsp3) is 0.931. The van der Waals surface area contributed by atoms with Gasteiger partial charge in [-0.15, -0.1) is 0 Å². The lowest BCUT2D eigenvalue weighted by molar-refractivity contribution is -0.0530. The van der Waals surface area contributed by atoms with E-state index in [9.17, 15) is 5.11 Å². The van der Waals surface area contributed by atoms with Crippen molar-refractivity contribution in [3.8, 4) is 0 Å². The van der Waals surface area contributed by atoms with Crippen molar-refractivity contribution in [2.75, 3.05) is 0 Å². The molecule has 0 bridgehead atoms. The maximum atomic E-state index is 10.1. The lowest BCUT2D eigenvalue weighted by Gasteiger charge is -2.58. The Balaban J connectivity index is 1.47. The summed E-state index contributed by atoms with van der Waals surface area (Å²) in [5.74, 6) is 5.53. The first-order chi connectivity index (χ1) is 14.1. The molecule has 1 heteroatoms. The third-order valence-corrected chi connectivity index (χ3v) is 11.0. The molecule has 0 radical (unpaired) electrons. The summed E-state index contributed by atoms with van der Waals surface area (Å²) in [7, 11) is 0. The molecular weight excluding hydrogens is 364 g/mol. The van der Waals surface area contributed by atoms with Crippen molar-refractivity contribution in [1.82, 2.24) is 0 Å². The topological polar surface area (TPSA) is 20.2 Å². The third-order valence-electron chi connectivity index (χ3n) is 11.0. The molecule has 172 valence electrons. The quantitative estimate of drug-likeness (QED) is 0.434. The Bertz CT molecular complexity index is 641. The second-order valence-electron chi connectivity index (χ2n) is 13.2. The second kappa shape index (κ2) is 8.24. The van der Waals surface area contributed by atoms with Crippen LogP contribution in [0.15, 0.2) is 11.6 Å². The van der Waals surface area contributed by atoms with Gasteiger partial charge in [-0.05, 0) is 118 Å². The molecule has 0 heterocycles. The van der Waals surface area contributed by atoms with Gasteiger partial charge in [0.2, 0.25) is 0 Å². The van der Waals surface area contributed by atoms with Crippen molar-refractivity contribution in [3.05, 3.63) is 11.6 Å². The Morgan fingerprint density at radius 2 is 1.87 bits per heavy atom. The van der Waals surface area contributed by atoms with Gasteiger partial charge in [0.25, 0.3) is 0 Å². The van der Waals surface area contributed by atoms with Crippen LogP contribution in [0.1, 0.15) is 119 Å².